The summed E-state index contributed by atoms with van der Waals surface area (Å²) in [5.41, 5.74) is 2.07. The van der Waals surface area contributed by atoms with Crippen molar-refractivity contribution < 1.29 is 47.7 Å². The lowest BCUT2D eigenvalue weighted by Gasteiger charge is -2.21. The molecule has 260 valence electrons. The van der Waals surface area contributed by atoms with Crippen LogP contribution >= 0.6 is 11.6 Å². The van der Waals surface area contributed by atoms with Gasteiger partial charge in [0.25, 0.3) is 0 Å². The van der Waals surface area contributed by atoms with Gasteiger partial charge < -0.3 is 29.2 Å². The molecule has 0 unspecified atom stereocenters. The zero-order valence-electron chi connectivity index (χ0n) is 27.7. The number of hydrogen-bond acceptors (Lipinski definition) is 11. The highest BCUT2D eigenvalue weighted by Gasteiger charge is 2.19. The van der Waals surface area contributed by atoms with Crippen LogP contribution in [0.15, 0.2) is 60.7 Å². The molecule has 0 atom stereocenters. The van der Waals surface area contributed by atoms with E-state index in [-0.39, 0.29) is 69.8 Å². The normalized spacial score (nSPS) is 9.72. The molecule has 47 heavy (non-hydrogen) atoms. The Morgan fingerprint density at radius 2 is 1.04 bits per heavy atom. The van der Waals surface area contributed by atoms with Crippen LogP contribution in [0.25, 0.3) is 0 Å². The first-order valence-corrected chi connectivity index (χ1v) is 15.8. The van der Waals surface area contributed by atoms with Crippen LogP contribution in [0.2, 0.25) is 0 Å². The molecule has 2 rings (SSSR count). The Hall–Kier alpha value is -4.29. The third kappa shape index (κ3) is 24.6. The number of amides is 1. The summed E-state index contributed by atoms with van der Waals surface area (Å²) in [6.45, 7) is 9.37. The Labute approximate surface area is 282 Å². The molecule has 0 saturated heterocycles. The van der Waals surface area contributed by atoms with Gasteiger partial charge in [0.2, 0.25) is 11.1 Å². The molecule has 0 saturated carbocycles. The standard InChI is InChI=1S/C17H23NO5.C11H15NO2.C6H9ClO3/c1-3-22-16(20)11-10-15(19)18(13-17(21)23-4-2)12-14-8-6-5-7-9-14;1-2-14-11(13)9-12-8-10-6-4-3-5-7-10;1-2-10-6(9)4-3-5(7)8/h5-9H,3-4,10-13H2,1-2H3;3-7,12H,2,8-9H2,1H3;2-4H2,1H3. The Morgan fingerprint density at radius 1 is 0.596 bits per heavy atom. The Balaban J connectivity index is 0.000000748. The van der Waals surface area contributed by atoms with Crippen molar-refractivity contribution in [3.05, 3.63) is 71.8 Å². The lowest BCUT2D eigenvalue weighted by atomic mass is 10.2. The Morgan fingerprint density at radius 3 is 1.53 bits per heavy atom. The van der Waals surface area contributed by atoms with Gasteiger partial charge in [0.05, 0.1) is 45.8 Å². The summed E-state index contributed by atoms with van der Waals surface area (Å²) in [6, 6.07) is 19.3. The molecule has 0 spiro atoms. The highest BCUT2D eigenvalue weighted by molar-refractivity contribution is 6.63. The second-order valence-corrected chi connectivity index (χ2v) is 9.82. The van der Waals surface area contributed by atoms with Gasteiger partial charge in [0.15, 0.2) is 0 Å². The first-order valence-electron chi connectivity index (χ1n) is 15.4. The maximum atomic E-state index is 12.3. The summed E-state index contributed by atoms with van der Waals surface area (Å²) in [5.74, 6) is -1.75. The fraction of sp³-hybridized carbons (Fsp3) is 0.471. The van der Waals surface area contributed by atoms with E-state index < -0.39 is 17.2 Å². The van der Waals surface area contributed by atoms with Gasteiger partial charge >= 0.3 is 23.9 Å². The van der Waals surface area contributed by atoms with Gasteiger partial charge in [-0.1, -0.05) is 60.7 Å². The molecule has 0 aromatic heterocycles. The van der Waals surface area contributed by atoms with Crippen molar-refractivity contribution in [2.24, 2.45) is 0 Å². The number of carbonyl (C=O) groups excluding carboxylic acids is 6. The van der Waals surface area contributed by atoms with E-state index in [9.17, 15) is 28.8 Å². The molecule has 13 heteroatoms. The molecule has 0 heterocycles. The quantitative estimate of drug-likeness (QED) is 0.136. The number of ether oxygens (including phenoxy) is 4. The van der Waals surface area contributed by atoms with Crippen LogP contribution in [-0.4, -0.2) is 79.4 Å². The predicted octanol–water partition coefficient (Wildman–Crippen LogP) is 4.36. The fourth-order valence-electron chi connectivity index (χ4n) is 3.55. The zero-order chi connectivity index (χ0) is 35.3. The molecule has 1 N–H and O–H groups in total. The van der Waals surface area contributed by atoms with E-state index in [1.165, 1.54) is 4.90 Å². The number of halogens is 1. The number of rotatable bonds is 18. The third-order valence-corrected chi connectivity index (χ3v) is 5.81. The zero-order valence-corrected chi connectivity index (χ0v) is 28.4. The molecule has 2 aromatic rings. The molecule has 0 bridgehead atoms. The lowest BCUT2D eigenvalue weighted by Crippen LogP contribution is -2.36. The number of benzene rings is 2. The number of carbonyl (C=O) groups is 6. The van der Waals surface area contributed by atoms with E-state index in [0.717, 1.165) is 11.1 Å². The number of esters is 4. The monoisotopic (exact) mass is 678 g/mol. The highest BCUT2D eigenvalue weighted by Crippen LogP contribution is 2.08. The summed E-state index contributed by atoms with van der Waals surface area (Å²) < 4.78 is 19.0. The average molecular weight is 679 g/mol. The molecule has 0 aliphatic carbocycles. The maximum Gasteiger partial charge on any atom is 0.325 e. The Kier molecular flexibility index (Phi) is 25.4. The summed E-state index contributed by atoms with van der Waals surface area (Å²) >= 11 is 4.98. The van der Waals surface area contributed by atoms with E-state index >= 15 is 0 Å². The second kappa shape index (κ2) is 28.0. The van der Waals surface area contributed by atoms with Gasteiger partial charge in [-0.3, -0.25) is 28.8 Å². The van der Waals surface area contributed by atoms with E-state index in [4.69, 9.17) is 25.8 Å². The number of nitrogens with zero attached hydrogens (tertiary/aromatic N) is 1. The van der Waals surface area contributed by atoms with E-state index in [1.807, 2.05) is 60.7 Å². The minimum atomic E-state index is -0.506. The van der Waals surface area contributed by atoms with E-state index in [0.29, 0.717) is 26.3 Å². The summed E-state index contributed by atoms with van der Waals surface area (Å²) in [5, 5.41) is 2.51. The molecule has 0 radical (unpaired) electrons. The van der Waals surface area contributed by atoms with Crippen molar-refractivity contribution in [1.29, 1.82) is 0 Å². The topological polar surface area (TPSA) is 155 Å². The van der Waals surface area contributed by atoms with Crippen molar-refractivity contribution in [3.8, 4) is 0 Å². The molecular weight excluding hydrogens is 632 g/mol. The van der Waals surface area contributed by atoms with Gasteiger partial charge in [-0.15, -0.1) is 0 Å². The molecule has 2 aromatic carbocycles. The average Bonchev–Trinajstić information content (AvgIpc) is 3.04. The lowest BCUT2D eigenvalue weighted by molar-refractivity contribution is -0.150. The van der Waals surface area contributed by atoms with Crippen LogP contribution in [0.1, 0.15) is 64.5 Å². The maximum absolute atomic E-state index is 12.3. The molecule has 1 amide bonds. The number of nitrogens with one attached hydrogen (secondary N) is 1. The largest absolute Gasteiger partial charge is 0.466 e. The van der Waals surface area contributed by atoms with E-state index in [2.05, 4.69) is 10.1 Å². The van der Waals surface area contributed by atoms with Crippen LogP contribution in [0.5, 0.6) is 0 Å². The van der Waals surface area contributed by atoms with Crippen molar-refractivity contribution >= 4 is 46.6 Å². The van der Waals surface area contributed by atoms with Crippen LogP contribution in [0.3, 0.4) is 0 Å². The molecule has 0 aliphatic heterocycles. The van der Waals surface area contributed by atoms with Crippen LogP contribution in [-0.2, 0) is 60.8 Å². The smallest absolute Gasteiger partial charge is 0.325 e. The summed E-state index contributed by atoms with van der Waals surface area (Å²) in [7, 11) is 0. The van der Waals surface area contributed by atoms with Gasteiger partial charge in [0.1, 0.15) is 6.54 Å². The number of hydrogen-bond donors (Lipinski definition) is 1. The SMILES string of the molecule is CCOC(=O)CCC(=O)Cl.CCOC(=O)CCC(=O)N(CC(=O)OCC)Cc1ccccc1.CCOC(=O)CNCc1ccccc1. The van der Waals surface area contributed by atoms with Crippen molar-refractivity contribution in [1.82, 2.24) is 10.2 Å². The molecule has 12 nitrogen and oxygen atoms in total. The molecule has 0 fully saturated rings. The van der Waals surface area contributed by atoms with Gasteiger partial charge in [-0.25, -0.2) is 0 Å². The summed E-state index contributed by atoms with van der Waals surface area (Å²) in [4.78, 5) is 68.3. The minimum Gasteiger partial charge on any atom is -0.466 e. The fourth-order valence-corrected chi connectivity index (χ4v) is 3.64. The van der Waals surface area contributed by atoms with Crippen LogP contribution < -0.4 is 5.32 Å². The van der Waals surface area contributed by atoms with Gasteiger partial charge in [0, 0.05) is 25.9 Å². The second-order valence-electron chi connectivity index (χ2n) is 9.40. The van der Waals surface area contributed by atoms with Crippen molar-refractivity contribution in [2.75, 3.05) is 39.5 Å². The third-order valence-electron chi connectivity index (χ3n) is 5.62. The molecular formula is C34H47ClN2O10. The predicted molar refractivity (Wildman–Crippen MR) is 176 cm³/mol. The van der Waals surface area contributed by atoms with Crippen LogP contribution in [0.4, 0.5) is 0 Å². The van der Waals surface area contributed by atoms with E-state index in [1.54, 1.807) is 27.7 Å². The molecule has 0 aliphatic rings. The van der Waals surface area contributed by atoms with Gasteiger partial charge in [-0.2, -0.15) is 0 Å². The Bertz CT molecular complexity index is 1200. The highest BCUT2D eigenvalue weighted by atomic mass is 35.5. The summed E-state index contributed by atoms with van der Waals surface area (Å²) in [6.07, 6.45) is 0.141. The first-order chi connectivity index (χ1) is 22.6. The van der Waals surface area contributed by atoms with Crippen LogP contribution in [0, 0.1) is 0 Å². The van der Waals surface area contributed by atoms with Gasteiger partial charge in [-0.05, 0) is 50.4 Å². The van der Waals surface area contributed by atoms with Crippen molar-refractivity contribution in [3.63, 3.8) is 0 Å². The van der Waals surface area contributed by atoms with Crippen molar-refractivity contribution in [2.45, 2.75) is 66.5 Å². The minimum absolute atomic E-state index is 0.000782. The first kappa shape index (κ1) is 42.7.